The van der Waals surface area contributed by atoms with Crippen molar-refractivity contribution < 1.29 is 23.1 Å². The highest BCUT2D eigenvalue weighted by Crippen LogP contribution is 2.38. The summed E-state index contributed by atoms with van der Waals surface area (Å²) in [4.78, 5) is 11.2. The molecule has 0 unspecified atom stereocenters. The minimum atomic E-state index is -5.01. The molecule has 1 aliphatic carbocycles. The van der Waals surface area contributed by atoms with Gasteiger partial charge >= 0.3 is 6.18 Å². The molecule has 0 fully saturated rings. The zero-order chi connectivity index (χ0) is 14.4. The number of Topliss-reactive ketones (excluding diaryl/α,β-unsaturated/α-hetero) is 1. The summed E-state index contributed by atoms with van der Waals surface area (Å²) < 4.78 is 37.2. The minimum Gasteiger partial charge on any atom is -0.507 e. The number of halogens is 5. The molecule has 1 aromatic rings. The van der Waals surface area contributed by atoms with Crippen LogP contribution in [0.3, 0.4) is 0 Å². The zero-order valence-corrected chi connectivity index (χ0v) is 10.8. The van der Waals surface area contributed by atoms with Gasteiger partial charge in [0, 0.05) is 21.2 Å². The van der Waals surface area contributed by atoms with Gasteiger partial charge in [0.15, 0.2) is 0 Å². The number of hydrogen-bond acceptors (Lipinski definition) is 2. The van der Waals surface area contributed by atoms with Crippen molar-refractivity contribution in [2.24, 2.45) is 0 Å². The SMILES string of the molecule is O=C(C1=C(O)c2cc(Cl)cc(Cl)c2CC1)C(F)(F)F. The van der Waals surface area contributed by atoms with E-state index in [9.17, 15) is 23.1 Å². The second-order valence-corrected chi connectivity index (χ2v) is 4.91. The molecule has 0 aliphatic heterocycles. The summed E-state index contributed by atoms with van der Waals surface area (Å²) in [6, 6.07) is 2.73. The summed E-state index contributed by atoms with van der Waals surface area (Å²) in [5.74, 6) is -2.74. The van der Waals surface area contributed by atoms with Crippen LogP contribution in [0.5, 0.6) is 0 Å². The van der Waals surface area contributed by atoms with Crippen LogP contribution < -0.4 is 0 Å². The van der Waals surface area contributed by atoms with Gasteiger partial charge in [0.05, 0.1) is 0 Å². The minimum absolute atomic E-state index is 0.0800. The van der Waals surface area contributed by atoms with Gasteiger partial charge < -0.3 is 5.11 Å². The Morgan fingerprint density at radius 1 is 1.21 bits per heavy atom. The fourth-order valence-corrected chi connectivity index (χ4v) is 2.58. The van der Waals surface area contributed by atoms with Gasteiger partial charge in [0.1, 0.15) is 5.76 Å². The van der Waals surface area contributed by atoms with Gasteiger partial charge in [-0.1, -0.05) is 23.2 Å². The van der Waals surface area contributed by atoms with E-state index in [1.54, 1.807) is 0 Å². The first-order chi connectivity index (χ1) is 8.71. The van der Waals surface area contributed by atoms with Crippen molar-refractivity contribution in [3.8, 4) is 0 Å². The van der Waals surface area contributed by atoms with Crippen LogP contribution in [0.4, 0.5) is 13.2 Å². The summed E-state index contributed by atoms with van der Waals surface area (Å²) in [5.41, 5.74) is -0.0861. The molecule has 0 saturated heterocycles. The number of aliphatic hydroxyl groups is 1. The number of hydrogen-bond donors (Lipinski definition) is 1. The van der Waals surface area contributed by atoms with E-state index in [4.69, 9.17) is 23.2 Å². The van der Waals surface area contributed by atoms with Gasteiger partial charge in [-0.3, -0.25) is 4.79 Å². The summed E-state index contributed by atoms with van der Waals surface area (Å²) in [5, 5.41) is 10.3. The van der Waals surface area contributed by atoms with E-state index in [1.165, 1.54) is 12.1 Å². The molecule has 19 heavy (non-hydrogen) atoms. The van der Waals surface area contributed by atoms with Gasteiger partial charge in [0.25, 0.3) is 5.78 Å². The Labute approximate surface area is 116 Å². The summed E-state index contributed by atoms with van der Waals surface area (Å²) >= 11 is 11.6. The first kappa shape index (κ1) is 14.2. The number of aliphatic hydroxyl groups excluding tert-OH is 1. The van der Waals surface area contributed by atoms with Crippen LogP contribution in [0, 0.1) is 0 Å². The van der Waals surface area contributed by atoms with Crippen molar-refractivity contribution in [2.45, 2.75) is 19.0 Å². The Morgan fingerprint density at radius 3 is 2.42 bits per heavy atom. The maximum atomic E-state index is 12.4. The molecule has 0 radical (unpaired) electrons. The molecule has 7 heteroatoms. The van der Waals surface area contributed by atoms with Crippen molar-refractivity contribution in [2.75, 3.05) is 0 Å². The molecule has 0 aromatic heterocycles. The first-order valence-corrected chi connectivity index (χ1v) is 5.99. The fourth-order valence-electron chi connectivity index (χ4n) is 1.99. The van der Waals surface area contributed by atoms with Crippen LogP contribution in [0.2, 0.25) is 10.0 Å². The fraction of sp³-hybridized carbons (Fsp3) is 0.250. The van der Waals surface area contributed by atoms with Crippen molar-refractivity contribution in [1.82, 2.24) is 0 Å². The average Bonchev–Trinajstić information content (AvgIpc) is 2.28. The normalized spacial score (nSPS) is 15.4. The van der Waals surface area contributed by atoms with Gasteiger partial charge in [-0.25, -0.2) is 0 Å². The molecule has 1 N–H and O–H groups in total. The Hall–Kier alpha value is -1.20. The second-order valence-electron chi connectivity index (χ2n) is 4.07. The highest BCUT2D eigenvalue weighted by Gasteiger charge is 2.43. The van der Waals surface area contributed by atoms with Crippen molar-refractivity contribution in [1.29, 1.82) is 0 Å². The number of benzene rings is 1. The van der Waals surface area contributed by atoms with E-state index in [2.05, 4.69) is 0 Å². The summed E-state index contributed by atoms with van der Waals surface area (Å²) in [7, 11) is 0. The maximum absolute atomic E-state index is 12.4. The molecule has 0 atom stereocenters. The average molecular weight is 311 g/mol. The number of fused-ring (bicyclic) bond motifs is 1. The standard InChI is InChI=1S/C12H7Cl2F3O2/c13-5-3-8-6(9(14)4-5)1-2-7(10(8)18)11(19)12(15,16)17/h3-4,18H,1-2H2. The smallest absolute Gasteiger partial charge is 0.454 e. The van der Waals surface area contributed by atoms with Gasteiger partial charge in [0.2, 0.25) is 0 Å². The molecular weight excluding hydrogens is 304 g/mol. The summed E-state index contributed by atoms with van der Waals surface area (Å²) in [6.45, 7) is 0. The van der Waals surface area contributed by atoms with Gasteiger partial charge in [-0.05, 0) is 30.5 Å². The van der Waals surface area contributed by atoms with E-state index in [-0.39, 0.29) is 28.5 Å². The Bertz CT molecular complexity index is 591. The van der Waals surface area contributed by atoms with Crippen LogP contribution in [0.15, 0.2) is 17.7 Å². The monoisotopic (exact) mass is 310 g/mol. The molecule has 2 nitrogen and oxygen atoms in total. The van der Waals surface area contributed by atoms with Crippen molar-refractivity contribution in [3.63, 3.8) is 0 Å². The molecule has 0 heterocycles. The number of alkyl halides is 3. The Balaban J connectivity index is 2.58. The lowest BCUT2D eigenvalue weighted by Gasteiger charge is -2.21. The van der Waals surface area contributed by atoms with E-state index in [1.807, 2.05) is 0 Å². The van der Waals surface area contributed by atoms with Crippen LogP contribution in [0.1, 0.15) is 17.5 Å². The third-order valence-corrected chi connectivity index (χ3v) is 3.41. The van der Waals surface area contributed by atoms with E-state index >= 15 is 0 Å². The first-order valence-electron chi connectivity index (χ1n) is 5.23. The predicted octanol–water partition coefficient (Wildman–Crippen LogP) is 4.34. The lowest BCUT2D eigenvalue weighted by Crippen LogP contribution is -2.27. The molecule has 1 aromatic carbocycles. The Kier molecular flexibility index (Phi) is 3.53. The lowest BCUT2D eigenvalue weighted by molar-refractivity contribution is -0.166. The van der Waals surface area contributed by atoms with Gasteiger partial charge in [-0.15, -0.1) is 0 Å². The second kappa shape index (κ2) is 4.72. The zero-order valence-electron chi connectivity index (χ0n) is 9.31. The molecule has 102 valence electrons. The van der Waals surface area contributed by atoms with Crippen molar-refractivity contribution in [3.05, 3.63) is 38.9 Å². The van der Waals surface area contributed by atoms with Crippen LogP contribution in [0.25, 0.3) is 5.76 Å². The topological polar surface area (TPSA) is 37.3 Å². The molecule has 1 aliphatic rings. The largest absolute Gasteiger partial charge is 0.507 e. The van der Waals surface area contributed by atoms with E-state index < -0.39 is 23.3 Å². The molecule has 0 saturated carbocycles. The highest BCUT2D eigenvalue weighted by molar-refractivity contribution is 6.35. The third-order valence-electron chi connectivity index (χ3n) is 2.86. The highest BCUT2D eigenvalue weighted by atomic mass is 35.5. The maximum Gasteiger partial charge on any atom is 0.454 e. The lowest BCUT2D eigenvalue weighted by atomic mass is 9.88. The van der Waals surface area contributed by atoms with Gasteiger partial charge in [-0.2, -0.15) is 13.2 Å². The molecule has 0 amide bonds. The Morgan fingerprint density at radius 2 is 1.84 bits per heavy atom. The summed E-state index contributed by atoms with van der Waals surface area (Å²) in [6.07, 6.45) is -5.08. The van der Waals surface area contributed by atoms with Crippen LogP contribution in [-0.2, 0) is 11.2 Å². The quantitative estimate of drug-likeness (QED) is 0.837. The number of allylic oxidation sites excluding steroid dienone is 1. The van der Waals surface area contributed by atoms with E-state index in [0.717, 1.165) is 0 Å². The molecular formula is C12H7Cl2F3O2. The number of rotatable bonds is 1. The number of ketones is 1. The molecule has 0 bridgehead atoms. The third kappa shape index (κ3) is 2.58. The predicted molar refractivity (Wildman–Crippen MR) is 65.4 cm³/mol. The van der Waals surface area contributed by atoms with Crippen LogP contribution >= 0.6 is 23.2 Å². The van der Waals surface area contributed by atoms with Crippen molar-refractivity contribution >= 4 is 34.7 Å². The number of carbonyl (C=O) groups is 1. The molecule has 0 spiro atoms. The van der Waals surface area contributed by atoms with E-state index in [0.29, 0.717) is 5.56 Å². The number of carbonyl (C=O) groups excluding carboxylic acids is 1. The van der Waals surface area contributed by atoms with Crippen LogP contribution in [-0.4, -0.2) is 17.1 Å². The molecule has 2 rings (SSSR count).